The number of aromatic nitrogens is 2. The predicted octanol–water partition coefficient (Wildman–Crippen LogP) is -0.272. The average Bonchev–Trinajstić information content (AvgIpc) is 2.69. The Kier molecular flexibility index (Phi) is 3.46. The van der Waals surface area contributed by atoms with Crippen molar-refractivity contribution in [2.24, 2.45) is 18.7 Å². The number of primary amides is 1. The molecule has 1 aliphatic heterocycles. The van der Waals surface area contributed by atoms with Crippen LogP contribution in [0.5, 0.6) is 0 Å². The lowest BCUT2D eigenvalue weighted by Gasteiger charge is -2.36. The summed E-state index contributed by atoms with van der Waals surface area (Å²) in [6.45, 7) is 2.31. The highest BCUT2D eigenvalue weighted by molar-refractivity contribution is 5.98. The number of amides is 2. The van der Waals surface area contributed by atoms with Crippen LogP contribution in [0.25, 0.3) is 0 Å². The van der Waals surface area contributed by atoms with Gasteiger partial charge < -0.3 is 16.4 Å². The number of nitrogen functional groups attached to an aromatic ring is 1. The van der Waals surface area contributed by atoms with Gasteiger partial charge in [0.15, 0.2) is 0 Å². The number of rotatable bonds is 2. The molecule has 0 bridgehead atoms. The first kappa shape index (κ1) is 13.4. The molecular formula is C12H19N5O2. The lowest BCUT2D eigenvalue weighted by molar-refractivity contribution is -0.123. The zero-order valence-electron chi connectivity index (χ0n) is 11.2. The molecule has 104 valence electrons. The lowest BCUT2D eigenvalue weighted by Crippen LogP contribution is -2.48. The standard InChI is InChI=1S/C12H19N5O2/c1-7-3-4-8(11(14)18)6-17(7)12(19)9-5-15-16(2)10(9)13/h5,7-8H,3-4,6,13H2,1-2H3,(H2,14,18). The topological polar surface area (TPSA) is 107 Å². The summed E-state index contributed by atoms with van der Waals surface area (Å²) in [6.07, 6.45) is 2.95. The highest BCUT2D eigenvalue weighted by atomic mass is 16.2. The quantitative estimate of drug-likeness (QED) is 0.767. The third-order valence-electron chi connectivity index (χ3n) is 3.76. The summed E-state index contributed by atoms with van der Waals surface area (Å²) in [4.78, 5) is 25.4. The normalized spacial score (nSPS) is 23.4. The summed E-state index contributed by atoms with van der Waals surface area (Å²) in [6, 6.07) is 0.0720. The molecule has 0 saturated carbocycles. The molecule has 19 heavy (non-hydrogen) atoms. The maximum Gasteiger partial charge on any atom is 0.259 e. The van der Waals surface area contributed by atoms with Gasteiger partial charge >= 0.3 is 0 Å². The SMILES string of the molecule is CC1CCC(C(N)=O)CN1C(=O)c1cnn(C)c1N. The van der Waals surface area contributed by atoms with Crippen LogP contribution >= 0.6 is 0 Å². The smallest absolute Gasteiger partial charge is 0.259 e. The summed E-state index contributed by atoms with van der Waals surface area (Å²) >= 11 is 0. The molecule has 2 heterocycles. The molecule has 1 saturated heterocycles. The molecule has 1 aliphatic rings. The Bertz CT molecular complexity index is 510. The molecule has 2 rings (SSSR count). The molecule has 2 atom stereocenters. The minimum absolute atomic E-state index is 0.0720. The van der Waals surface area contributed by atoms with Crippen molar-refractivity contribution in [2.75, 3.05) is 12.3 Å². The predicted molar refractivity (Wildman–Crippen MR) is 70.0 cm³/mol. The fourth-order valence-electron chi connectivity index (χ4n) is 2.39. The number of piperidine rings is 1. The van der Waals surface area contributed by atoms with Gasteiger partial charge in [-0.3, -0.25) is 14.3 Å². The van der Waals surface area contributed by atoms with Gasteiger partial charge in [-0.05, 0) is 19.8 Å². The van der Waals surface area contributed by atoms with Gasteiger partial charge in [0, 0.05) is 19.6 Å². The van der Waals surface area contributed by atoms with Gasteiger partial charge in [0.1, 0.15) is 11.4 Å². The number of nitrogens with two attached hydrogens (primary N) is 2. The molecule has 1 aromatic heterocycles. The van der Waals surface area contributed by atoms with E-state index in [4.69, 9.17) is 11.5 Å². The molecule has 0 spiro atoms. The van der Waals surface area contributed by atoms with Gasteiger partial charge in [-0.1, -0.05) is 0 Å². The van der Waals surface area contributed by atoms with E-state index < -0.39 is 0 Å². The number of hydrogen-bond acceptors (Lipinski definition) is 4. The van der Waals surface area contributed by atoms with E-state index in [0.29, 0.717) is 17.9 Å². The summed E-state index contributed by atoms with van der Waals surface area (Å²) in [5.41, 5.74) is 11.5. The van der Waals surface area contributed by atoms with Gasteiger partial charge in [-0.2, -0.15) is 5.10 Å². The largest absolute Gasteiger partial charge is 0.383 e. The minimum atomic E-state index is -0.358. The van der Waals surface area contributed by atoms with Gasteiger partial charge in [-0.25, -0.2) is 0 Å². The highest BCUT2D eigenvalue weighted by Gasteiger charge is 2.33. The van der Waals surface area contributed by atoms with E-state index in [1.165, 1.54) is 10.9 Å². The van der Waals surface area contributed by atoms with Crippen molar-refractivity contribution in [1.29, 1.82) is 0 Å². The fourth-order valence-corrected chi connectivity index (χ4v) is 2.39. The highest BCUT2D eigenvalue weighted by Crippen LogP contribution is 2.24. The summed E-state index contributed by atoms with van der Waals surface area (Å²) in [7, 11) is 1.68. The maximum atomic E-state index is 12.5. The Hall–Kier alpha value is -2.05. The molecule has 1 fully saturated rings. The van der Waals surface area contributed by atoms with Gasteiger partial charge in [0.25, 0.3) is 5.91 Å². The van der Waals surface area contributed by atoms with Crippen molar-refractivity contribution in [3.8, 4) is 0 Å². The van der Waals surface area contributed by atoms with Crippen LogP contribution in [0.15, 0.2) is 6.20 Å². The lowest BCUT2D eigenvalue weighted by atomic mass is 9.92. The summed E-state index contributed by atoms with van der Waals surface area (Å²) in [5.74, 6) is -0.496. The maximum absolute atomic E-state index is 12.5. The van der Waals surface area contributed by atoms with Gasteiger partial charge in [0.2, 0.25) is 5.91 Å². The summed E-state index contributed by atoms with van der Waals surface area (Å²) in [5, 5.41) is 3.96. The van der Waals surface area contributed by atoms with E-state index in [-0.39, 0.29) is 23.8 Å². The molecule has 2 amide bonds. The van der Waals surface area contributed by atoms with Crippen LogP contribution < -0.4 is 11.5 Å². The molecule has 2 unspecified atom stereocenters. The third kappa shape index (κ3) is 2.40. The number of hydrogen-bond donors (Lipinski definition) is 2. The molecule has 0 aliphatic carbocycles. The molecule has 0 aromatic carbocycles. The number of carbonyl (C=O) groups is 2. The van der Waals surface area contributed by atoms with Crippen molar-refractivity contribution in [3.63, 3.8) is 0 Å². The second-order valence-electron chi connectivity index (χ2n) is 5.05. The van der Waals surface area contributed by atoms with Crippen LogP contribution in [-0.2, 0) is 11.8 Å². The second-order valence-corrected chi connectivity index (χ2v) is 5.05. The fraction of sp³-hybridized carbons (Fsp3) is 0.583. The van der Waals surface area contributed by atoms with Crippen LogP contribution in [0, 0.1) is 5.92 Å². The second kappa shape index (κ2) is 4.91. The number of likely N-dealkylation sites (tertiary alicyclic amines) is 1. The Labute approximate surface area is 111 Å². The first-order chi connectivity index (χ1) is 8.91. The van der Waals surface area contributed by atoms with Crippen molar-refractivity contribution in [1.82, 2.24) is 14.7 Å². The van der Waals surface area contributed by atoms with E-state index in [2.05, 4.69) is 5.10 Å². The third-order valence-corrected chi connectivity index (χ3v) is 3.76. The molecule has 1 aromatic rings. The zero-order valence-corrected chi connectivity index (χ0v) is 11.2. The van der Waals surface area contributed by atoms with Crippen molar-refractivity contribution in [3.05, 3.63) is 11.8 Å². The van der Waals surface area contributed by atoms with Gasteiger partial charge in [-0.15, -0.1) is 0 Å². The number of nitrogens with zero attached hydrogens (tertiary/aromatic N) is 3. The first-order valence-corrected chi connectivity index (χ1v) is 6.29. The molecule has 7 heteroatoms. The molecule has 7 nitrogen and oxygen atoms in total. The van der Waals surface area contributed by atoms with Crippen molar-refractivity contribution < 1.29 is 9.59 Å². The number of anilines is 1. The van der Waals surface area contributed by atoms with E-state index in [9.17, 15) is 9.59 Å². The average molecular weight is 265 g/mol. The van der Waals surface area contributed by atoms with E-state index in [1.807, 2.05) is 6.92 Å². The van der Waals surface area contributed by atoms with Crippen LogP contribution in [0.4, 0.5) is 5.82 Å². The Morgan fingerprint density at radius 3 is 2.63 bits per heavy atom. The summed E-state index contributed by atoms with van der Waals surface area (Å²) < 4.78 is 1.45. The first-order valence-electron chi connectivity index (χ1n) is 6.29. The number of aryl methyl sites for hydroxylation is 1. The molecule has 4 N–H and O–H groups in total. The monoisotopic (exact) mass is 265 g/mol. The Balaban J connectivity index is 2.21. The number of carbonyl (C=O) groups excluding carboxylic acids is 2. The Morgan fingerprint density at radius 2 is 2.11 bits per heavy atom. The van der Waals surface area contributed by atoms with Crippen LogP contribution in [0.1, 0.15) is 30.1 Å². The van der Waals surface area contributed by atoms with E-state index >= 15 is 0 Å². The molecular weight excluding hydrogens is 246 g/mol. The zero-order chi connectivity index (χ0) is 14.2. The van der Waals surface area contributed by atoms with Crippen LogP contribution in [0.2, 0.25) is 0 Å². The van der Waals surface area contributed by atoms with E-state index in [1.54, 1.807) is 11.9 Å². The minimum Gasteiger partial charge on any atom is -0.383 e. The van der Waals surface area contributed by atoms with Crippen molar-refractivity contribution in [2.45, 2.75) is 25.8 Å². The van der Waals surface area contributed by atoms with E-state index in [0.717, 1.165) is 12.8 Å². The van der Waals surface area contributed by atoms with Crippen LogP contribution in [0.3, 0.4) is 0 Å². The molecule has 0 radical (unpaired) electrons. The Morgan fingerprint density at radius 1 is 1.42 bits per heavy atom. The van der Waals surface area contributed by atoms with Crippen LogP contribution in [-0.4, -0.2) is 39.1 Å². The van der Waals surface area contributed by atoms with Crippen molar-refractivity contribution >= 4 is 17.6 Å². The van der Waals surface area contributed by atoms with Gasteiger partial charge in [0.05, 0.1) is 12.1 Å².